The molecule has 1 atom stereocenters. The van der Waals surface area contributed by atoms with Gasteiger partial charge in [0, 0.05) is 0 Å². The van der Waals surface area contributed by atoms with Crippen LogP contribution in [0.5, 0.6) is 0 Å². The van der Waals surface area contributed by atoms with Gasteiger partial charge in [0.25, 0.3) is 0 Å². The first kappa shape index (κ1) is 11.2. The van der Waals surface area contributed by atoms with Gasteiger partial charge in [-0.05, 0) is 31.0 Å². The molecule has 0 aromatic heterocycles. The van der Waals surface area contributed by atoms with Crippen LogP contribution in [-0.4, -0.2) is 5.91 Å². The molecule has 0 fully saturated rings. The van der Waals surface area contributed by atoms with Crippen LogP contribution in [-0.2, 0) is 11.2 Å². The second-order valence-corrected chi connectivity index (χ2v) is 3.61. The van der Waals surface area contributed by atoms with E-state index in [2.05, 4.69) is 0 Å². The minimum absolute atomic E-state index is 0.194. The SMILES string of the molecule is CC(C#N)(Cc1ccc(F)cc1)C(N)=O. The third kappa shape index (κ3) is 2.53. The Balaban J connectivity index is 2.90. The Bertz CT molecular complexity index is 408. The summed E-state index contributed by atoms with van der Waals surface area (Å²) in [5.74, 6) is -1.02. The molecule has 0 aliphatic carbocycles. The molecule has 0 saturated heterocycles. The minimum Gasteiger partial charge on any atom is -0.368 e. The van der Waals surface area contributed by atoms with Crippen LogP contribution in [0.2, 0.25) is 0 Å². The highest BCUT2D eigenvalue weighted by Crippen LogP contribution is 2.21. The second-order valence-electron chi connectivity index (χ2n) is 3.61. The Labute approximate surface area is 87.3 Å². The number of nitriles is 1. The molecule has 0 aliphatic rings. The van der Waals surface area contributed by atoms with Gasteiger partial charge in [0.2, 0.25) is 5.91 Å². The Hall–Kier alpha value is -1.89. The average Bonchev–Trinajstić information content (AvgIpc) is 2.21. The van der Waals surface area contributed by atoms with E-state index < -0.39 is 11.3 Å². The number of halogens is 1. The molecule has 1 unspecified atom stereocenters. The molecule has 0 bridgehead atoms. The van der Waals surface area contributed by atoms with Gasteiger partial charge in [-0.15, -0.1) is 0 Å². The van der Waals surface area contributed by atoms with E-state index in [1.807, 2.05) is 6.07 Å². The number of nitrogens with zero attached hydrogens (tertiary/aromatic N) is 1. The van der Waals surface area contributed by atoms with Crippen molar-refractivity contribution >= 4 is 5.91 Å². The van der Waals surface area contributed by atoms with Crippen LogP contribution in [0, 0.1) is 22.6 Å². The van der Waals surface area contributed by atoms with Crippen LogP contribution in [0.15, 0.2) is 24.3 Å². The van der Waals surface area contributed by atoms with Crippen LogP contribution >= 0.6 is 0 Å². The fourth-order valence-corrected chi connectivity index (χ4v) is 1.19. The van der Waals surface area contributed by atoms with Gasteiger partial charge in [-0.25, -0.2) is 4.39 Å². The zero-order valence-corrected chi connectivity index (χ0v) is 8.33. The first-order valence-electron chi connectivity index (χ1n) is 4.43. The van der Waals surface area contributed by atoms with Crippen molar-refractivity contribution in [1.29, 1.82) is 5.26 Å². The minimum atomic E-state index is -1.24. The fraction of sp³-hybridized carbons (Fsp3) is 0.273. The summed E-state index contributed by atoms with van der Waals surface area (Å²) in [4.78, 5) is 11.0. The van der Waals surface area contributed by atoms with Gasteiger partial charge in [0.1, 0.15) is 11.2 Å². The molecular weight excluding hydrogens is 195 g/mol. The van der Waals surface area contributed by atoms with E-state index >= 15 is 0 Å². The normalized spacial score (nSPS) is 13.9. The summed E-state index contributed by atoms with van der Waals surface area (Å²) in [6.45, 7) is 1.47. The molecule has 1 amide bonds. The molecule has 1 aromatic rings. The summed E-state index contributed by atoms with van der Waals surface area (Å²) in [7, 11) is 0. The number of nitrogens with two attached hydrogens (primary N) is 1. The fourth-order valence-electron chi connectivity index (χ4n) is 1.19. The van der Waals surface area contributed by atoms with Gasteiger partial charge >= 0.3 is 0 Å². The molecule has 0 aliphatic heterocycles. The molecule has 1 rings (SSSR count). The van der Waals surface area contributed by atoms with Gasteiger partial charge in [0.05, 0.1) is 6.07 Å². The van der Waals surface area contributed by atoms with Crippen LogP contribution in [0.4, 0.5) is 4.39 Å². The Morgan fingerprint density at radius 2 is 2.07 bits per heavy atom. The monoisotopic (exact) mass is 206 g/mol. The van der Waals surface area contributed by atoms with E-state index in [1.165, 1.54) is 31.2 Å². The summed E-state index contributed by atoms with van der Waals surface area (Å²) >= 11 is 0. The lowest BCUT2D eigenvalue weighted by atomic mass is 9.84. The van der Waals surface area contributed by atoms with E-state index in [-0.39, 0.29) is 12.2 Å². The largest absolute Gasteiger partial charge is 0.368 e. The van der Waals surface area contributed by atoms with E-state index in [0.29, 0.717) is 5.56 Å². The first-order valence-corrected chi connectivity index (χ1v) is 4.43. The maximum absolute atomic E-state index is 12.6. The molecule has 4 heteroatoms. The van der Waals surface area contributed by atoms with Crippen molar-refractivity contribution in [3.05, 3.63) is 35.6 Å². The molecular formula is C11H11FN2O. The quantitative estimate of drug-likeness (QED) is 0.811. The van der Waals surface area contributed by atoms with Crippen molar-refractivity contribution in [2.24, 2.45) is 11.1 Å². The number of amides is 1. The highest BCUT2D eigenvalue weighted by molar-refractivity contribution is 5.83. The van der Waals surface area contributed by atoms with Gasteiger partial charge in [-0.1, -0.05) is 12.1 Å². The van der Waals surface area contributed by atoms with Crippen LogP contribution in [0.1, 0.15) is 12.5 Å². The standard InChI is InChI=1S/C11H11FN2O/c1-11(7-13,10(14)15)6-8-2-4-9(12)5-3-8/h2-5H,6H2,1H3,(H2,14,15). The molecule has 0 heterocycles. The van der Waals surface area contributed by atoms with E-state index in [4.69, 9.17) is 11.0 Å². The topological polar surface area (TPSA) is 66.9 Å². The van der Waals surface area contributed by atoms with Crippen molar-refractivity contribution in [1.82, 2.24) is 0 Å². The van der Waals surface area contributed by atoms with Gasteiger partial charge in [-0.3, -0.25) is 4.79 Å². The second kappa shape index (κ2) is 4.09. The summed E-state index contributed by atoms with van der Waals surface area (Å²) < 4.78 is 12.6. The maximum atomic E-state index is 12.6. The van der Waals surface area contributed by atoms with E-state index in [0.717, 1.165) is 0 Å². The molecule has 15 heavy (non-hydrogen) atoms. The van der Waals surface area contributed by atoms with Crippen molar-refractivity contribution in [3.8, 4) is 6.07 Å². The number of hydrogen-bond acceptors (Lipinski definition) is 2. The number of hydrogen-bond donors (Lipinski definition) is 1. The lowest BCUT2D eigenvalue weighted by Gasteiger charge is -2.16. The maximum Gasteiger partial charge on any atom is 0.237 e. The van der Waals surface area contributed by atoms with E-state index in [1.54, 1.807) is 0 Å². The number of carbonyl (C=O) groups excluding carboxylic acids is 1. The smallest absolute Gasteiger partial charge is 0.237 e. The van der Waals surface area contributed by atoms with Crippen LogP contribution in [0.25, 0.3) is 0 Å². The van der Waals surface area contributed by atoms with Crippen molar-refractivity contribution in [3.63, 3.8) is 0 Å². The third-order valence-corrected chi connectivity index (χ3v) is 2.26. The van der Waals surface area contributed by atoms with Crippen molar-refractivity contribution in [2.45, 2.75) is 13.3 Å². The molecule has 0 saturated carbocycles. The lowest BCUT2D eigenvalue weighted by molar-refractivity contribution is -0.124. The lowest BCUT2D eigenvalue weighted by Crippen LogP contribution is -2.34. The number of primary amides is 1. The first-order chi connectivity index (χ1) is 6.98. The number of benzene rings is 1. The molecule has 0 radical (unpaired) electrons. The van der Waals surface area contributed by atoms with Crippen LogP contribution in [0.3, 0.4) is 0 Å². The number of carbonyl (C=O) groups is 1. The highest BCUT2D eigenvalue weighted by Gasteiger charge is 2.31. The third-order valence-electron chi connectivity index (χ3n) is 2.26. The van der Waals surface area contributed by atoms with Crippen molar-refractivity contribution < 1.29 is 9.18 Å². The summed E-state index contributed by atoms with van der Waals surface area (Å²) in [5, 5.41) is 8.85. The highest BCUT2D eigenvalue weighted by atomic mass is 19.1. The number of rotatable bonds is 3. The summed E-state index contributed by atoms with van der Waals surface area (Å²) in [5.41, 5.74) is 4.59. The molecule has 3 nitrogen and oxygen atoms in total. The predicted molar refractivity (Wildman–Crippen MR) is 53.0 cm³/mol. The molecule has 78 valence electrons. The van der Waals surface area contributed by atoms with Gasteiger partial charge < -0.3 is 5.73 Å². The van der Waals surface area contributed by atoms with Gasteiger partial charge in [-0.2, -0.15) is 5.26 Å². The zero-order chi connectivity index (χ0) is 11.5. The Morgan fingerprint density at radius 1 is 1.53 bits per heavy atom. The summed E-state index contributed by atoms with van der Waals surface area (Å²) in [6, 6.07) is 7.52. The molecule has 0 spiro atoms. The van der Waals surface area contributed by atoms with Crippen LogP contribution < -0.4 is 5.73 Å². The average molecular weight is 206 g/mol. The van der Waals surface area contributed by atoms with Crippen molar-refractivity contribution in [2.75, 3.05) is 0 Å². The summed E-state index contributed by atoms with van der Waals surface area (Å²) in [6.07, 6.45) is 0.194. The Kier molecular flexibility index (Phi) is 3.05. The zero-order valence-electron chi connectivity index (χ0n) is 8.33. The molecule has 2 N–H and O–H groups in total. The Morgan fingerprint density at radius 3 is 2.47 bits per heavy atom. The van der Waals surface area contributed by atoms with Gasteiger partial charge in [0.15, 0.2) is 0 Å². The predicted octanol–water partition coefficient (Wildman–Crippen LogP) is 1.38. The molecule has 1 aromatic carbocycles. The van der Waals surface area contributed by atoms with E-state index in [9.17, 15) is 9.18 Å².